The maximum Gasteiger partial charge on any atom is 0.243 e. The van der Waals surface area contributed by atoms with Crippen molar-refractivity contribution in [1.29, 1.82) is 0 Å². The van der Waals surface area contributed by atoms with Gasteiger partial charge in [-0.2, -0.15) is 4.31 Å². The van der Waals surface area contributed by atoms with Crippen molar-refractivity contribution in [1.82, 2.24) is 9.62 Å². The lowest BCUT2D eigenvalue weighted by molar-refractivity contribution is 0.0605. The first-order valence-corrected chi connectivity index (χ1v) is 8.31. The van der Waals surface area contributed by atoms with Gasteiger partial charge in [-0.3, -0.25) is 0 Å². The smallest absolute Gasteiger partial charge is 0.243 e. The predicted octanol–water partition coefficient (Wildman–Crippen LogP) is 0.797. The van der Waals surface area contributed by atoms with E-state index in [0.717, 1.165) is 5.56 Å². The van der Waals surface area contributed by atoms with Gasteiger partial charge in [-0.15, -0.1) is 0 Å². The van der Waals surface area contributed by atoms with E-state index in [1.165, 1.54) is 4.31 Å². The number of nitrogens with one attached hydrogen (secondary N) is 1. The van der Waals surface area contributed by atoms with Crippen molar-refractivity contribution in [2.75, 3.05) is 20.1 Å². The number of β-amino-alcohol motifs (C(OH)–C–C–N with tert-alkyl or cyclic N) is 1. The fourth-order valence-corrected chi connectivity index (χ4v) is 3.84. The van der Waals surface area contributed by atoms with Crippen LogP contribution in [0.4, 0.5) is 0 Å². The summed E-state index contributed by atoms with van der Waals surface area (Å²) in [5.74, 6) is 0.152. The van der Waals surface area contributed by atoms with Crippen molar-refractivity contribution in [3.05, 3.63) is 29.8 Å². The highest BCUT2D eigenvalue weighted by atomic mass is 32.2. The molecule has 1 saturated heterocycles. The molecule has 0 bridgehead atoms. The van der Waals surface area contributed by atoms with Crippen LogP contribution in [0.3, 0.4) is 0 Å². The lowest BCUT2D eigenvalue weighted by Gasteiger charge is -2.33. The molecule has 0 saturated carbocycles. The molecule has 20 heavy (non-hydrogen) atoms. The van der Waals surface area contributed by atoms with Crippen molar-refractivity contribution < 1.29 is 13.5 Å². The van der Waals surface area contributed by atoms with Crippen LogP contribution in [0.2, 0.25) is 0 Å². The van der Waals surface area contributed by atoms with E-state index in [0.29, 0.717) is 24.4 Å². The highest BCUT2D eigenvalue weighted by Gasteiger charge is 2.32. The van der Waals surface area contributed by atoms with Crippen LogP contribution in [0.5, 0.6) is 0 Å². The minimum atomic E-state index is -3.50. The van der Waals surface area contributed by atoms with Crippen LogP contribution in [0, 0.1) is 5.92 Å². The van der Waals surface area contributed by atoms with Gasteiger partial charge in [-0.25, -0.2) is 8.42 Å². The van der Waals surface area contributed by atoms with Gasteiger partial charge in [0.25, 0.3) is 0 Å². The molecule has 0 spiro atoms. The van der Waals surface area contributed by atoms with E-state index in [-0.39, 0.29) is 12.5 Å². The van der Waals surface area contributed by atoms with E-state index in [2.05, 4.69) is 5.32 Å². The van der Waals surface area contributed by atoms with Gasteiger partial charge in [0.05, 0.1) is 11.0 Å². The number of benzene rings is 1. The second kappa shape index (κ2) is 6.22. The second-order valence-corrected chi connectivity index (χ2v) is 7.31. The lowest BCUT2D eigenvalue weighted by Crippen LogP contribution is -2.45. The Labute approximate surface area is 120 Å². The molecule has 2 unspecified atom stereocenters. The number of sulfonamides is 1. The van der Waals surface area contributed by atoms with Crippen LogP contribution in [0.25, 0.3) is 0 Å². The van der Waals surface area contributed by atoms with Gasteiger partial charge < -0.3 is 10.4 Å². The standard InChI is InChI=1S/C14H22N2O3S/c1-11-7-8-16(10-14(11)17)20(18,19)13-5-3-12(4-6-13)9-15-2/h3-6,11,14-15,17H,7-10H2,1-2H3. The normalized spacial score (nSPS) is 24.8. The molecule has 1 heterocycles. The van der Waals surface area contributed by atoms with Gasteiger partial charge in [0.1, 0.15) is 0 Å². The number of aliphatic hydroxyl groups excluding tert-OH is 1. The second-order valence-electron chi connectivity index (χ2n) is 5.37. The number of hydrogen-bond acceptors (Lipinski definition) is 4. The Morgan fingerprint density at radius 1 is 1.35 bits per heavy atom. The highest BCUT2D eigenvalue weighted by Crippen LogP contribution is 2.24. The summed E-state index contributed by atoms with van der Waals surface area (Å²) < 4.78 is 26.4. The summed E-state index contributed by atoms with van der Waals surface area (Å²) in [5.41, 5.74) is 1.04. The van der Waals surface area contributed by atoms with E-state index in [4.69, 9.17) is 0 Å². The topological polar surface area (TPSA) is 69.6 Å². The molecule has 0 amide bonds. The van der Waals surface area contributed by atoms with Gasteiger partial charge in [0.2, 0.25) is 10.0 Å². The first-order valence-electron chi connectivity index (χ1n) is 6.87. The Morgan fingerprint density at radius 2 is 2.00 bits per heavy atom. The van der Waals surface area contributed by atoms with Crippen molar-refractivity contribution in [2.45, 2.75) is 30.9 Å². The van der Waals surface area contributed by atoms with E-state index < -0.39 is 16.1 Å². The van der Waals surface area contributed by atoms with Crippen molar-refractivity contribution in [3.63, 3.8) is 0 Å². The van der Waals surface area contributed by atoms with Gasteiger partial charge in [0.15, 0.2) is 0 Å². The monoisotopic (exact) mass is 298 g/mol. The summed E-state index contributed by atoms with van der Waals surface area (Å²) >= 11 is 0. The summed E-state index contributed by atoms with van der Waals surface area (Å²) in [6, 6.07) is 6.89. The Balaban J connectivity index is 2.17. The van der Waals surface area contributed by atoms with Crippen LogP contribution in [0.1, 0.15) is 18.9 Å². The molecule has 2 rings (SSSR count). The zero-order chi connectivity index (χ0) is 14.8. The maximum atomic E-state index is 12.5. The van der Waals surface area contributed by atoms with E-state index in [1.807, 2.05) is 26.1 Å². The molecule has 1 aromatic rings. The van der Waals surface area contributed by atoms with Gasteiger partial charge >= 0.3 is 0 Å². The predicted molar refractivity (Wildman–Crippen MR) is 77.8 cm³/mol. The molecule has 1 fully saturated rings. The first-order chi connectivity index (χ1) is 9.45. The molecule has 1 aliphatic heterocycles. The van der Waals surface area contributed by atoms with Crippen molar-refractivity contribution >= 4 is 10.0 Å². The van der Waals surface area contributed by atoms with Crippen molar-refractivity contribution in [2.24, 2.45) is 5.92 Å². The average Bonchev–Trinajstić information content (AvgIpc) is 2.43. The van der Waals surface area contributed by atoms with E-state index >= 15 is 0 Å². The van der Waals surface area contributed by atoms with Crippen molar-refractivity contribution in [3.8, 4) is 0 Å². The largest absolute Gasteiger partial charge is 0.391 e. The minimum absolute atomic E-state index is 0.152. The molecule has 5 nitrogen and oxygen atoms in total. The Morgan fingerprint density at radius 3 is 2.55 bits per heavy atom. The molecule has 6 heteroatoms. The van der Waals surface area contributed by atoms with Gasteiger partial charge in [0, 0.05) is 19.6 Å². The highest BCUT2D eigenvalue weighted by molar-refractivity contribution is 7.89. The Hall–Kier alpha value is -0.950. The summed E-state index contributed by atoms with van der Waals surface area (Å²) in [7, 11) is -1.65. The SMILES string of the molecule is CNCc1ccc(S(=O)(=O)N2CCC(C)C(O)C2)cc1. The third kappa shape index (κ3) is 3.20. The summed E-state index contributed by atoms with van der Waals surface area (Å²) in [6.45, 7) is 3.31. The number of aliphatic hydroxyl groups is 1. The van der Waals surface area contributed by atoms with E-state index in [9.17, 15) is 13.5 Å². The molecule has 112 valence electrons. The van der Waals surface area contributed by atoms with Gasteiger partial charge in [-0.1, -0.05) is 19.1 Å². The molecule has 2 N–H and O–H groups in total. The third-order valence-electron chi connectivity index (χ3n) is 3.82. The quantitative estimate of drug-likeness (QED) is 0.862. The number of hydrogen-bond donors (Lipinski definition) is 2. The van der Waals surface area contributed by atoms with Crippen LogP contribution in [-0.2, 0) is 16.6 Å². The maximum absolute atomic E-state index is 12.5. The fraction of sp³-hybridized carbons (Fsp3) is 0.571. The molecular formula is C14H22N2O3S. The zero-order valence-corrected chi connectivity index (χ0v) is 12.7. The number of piperidine rings is 1. The molecule has 2 atom stereocenters. The molecule has 0 radical (unpaired) electrons. The summed E-state index contributed by atoms with van der Waals surface area (Å²) in [4.78, 5) is 0.291. The fourth-order valence-electron chi connectivity index (χ4n) is 2.37. The number of nitrogens with zero attached hydrogens (tertiary/aromatic N) is 1. The molecule has 0 aliphatic carbocycles. The van der Waals surface area contributed by atoms with Crippen LogP contribution >= 0.6 is 0 Å². The first kappa shape index (κ1) is 15.4. The summed E-state index contributed by atoms with van der Waals surface area (Å²) in [6.07, 6.45) is 0.111. The Bertz CT molecular complexity index is 542. The van der Waals surface area contributed by atoms with Gasteiger partial charge in [-0.05, 0) is 37.1 Å². The zero-order valence-electron chi connectivity index (χ0n) is 11.9. The molecule has 1 aliphatic rings. The van der Waals surface area contributed by atoms with Crippen LogP contribution < -0.4 is 5.32 Å². The summed E-state index contributed by atoms with van der Waals surface area (Å²) in [5, 5.41) is 12.9. The number of rotatable bonds is 4. The van der Waals surface area contributed by atoms with Crippen LogP contribution in [-0.4, -0.2) is 44.1 Å². The lowest BCUT2D eigenvalue weighted by atomic mass is 9.98. The average molecular weight is 298 g/mol. The Kier molecular flexibility index (Phi) is 4.80. The van der Waals surface area contributed by atoms with Crippen LogP contribution in [0.15, 0.2) is 29.2 Å². The van der Waals surface area contributed by atoms with E-state index in [1.54, 1.807) is 12.1 Å². The third-order valence-corrected chi connectivity index (χ3v) is 5.70. The minimum Gasteiger partial charge on any atom is -0.391 e. The molecule has 0 aromatic heterocycles. The molecule has 1 aromatic carbocycles. The molecular weight excluding hydrogens is 276 g/mol.